The molecule has 3 aliphatic heterocycles. The normalized spacial score (nSPS) is 18.8. The molecule has 1 aromatic heterocycles. The number of fused-ring (bicyclic) bond motifs is 1. The number of amides is 1. The molecule has 0 N–H and O–H groups in total. The minimum atomic E-state index is -0.107. The standard InChI is InChI=1S/C23H30N4O6/c28-23(27-7-11-30-12-8-27)19-16-31-22(24-19)15-26(4-3-25-5-9-29-10-6-25)14-18-1-2-20-21(13-18)33-17-32-20/h1-2,13,16H,3-12,14-15,17H2. The fourth-order valence-corrected chi connectivity index (χ4v) is 4.22. The van der Waals surface area contributed by atoms with Crippen LogP contribution >= 0.6 is 0 Å². The van der Waals surface area contributed by atoms with Crippen molar-refractivity contribution in [2.45, 2.75) is 13.1 Å². The molecule has 0 unspecified atom stereocenters. The summed E-state index contributed by atoms with van der Waals surface area (Å²) in [5, 5.41) is 0. The lowest BCUT2D eigenvalue weighted by Crippen LogP contribution is -2.41. The molecule has 1 amide bonds. The summed E-state index contributed by atoms with van der Waals surface area (Å²) in [5.41, 5.74) is 1.47. The van der Waals surface area contributed by atoms with Crippen LogP contribution in [0.3, 0.4) is 0 Å². The summed E-state index contributed by atoms with van der Waals surface area (Å²) in [6.45, 7) is 8.93. The molecule has 4 heterocycles. The summed E-state index contributed by atoms with van der Waals surface area (Å²) in [6, 6.07) is 6.02. The zero-order valence-electron chi connectivity index (χ0n) is 18.7. The van der Waals surface area contributed by atoms with Gasteiger partial charge >= 0.3 is 0 Å². The fourth-order valence-electron chi connectivity index (χ4n) is 4.22. The molecule has 0 bridgehead atoms. The van der Waals surface area contributed by atoms with Gasteiger partial charge in [0.2, 0.25) is 12.7 Å². The molecule has 0 saturated carbocycles. The van der Waals surface area contributed by atoms with Gasteiger partial charge in [0.15, 0.2) is 17.2 Å². The van der Waals surface area contributed by atoms with Gasteiger partial charge in [-0.1, -0.05) is 6.07 Å². The number of hydrogen-bond donors (Lipinski definition) is 0. The molecule has 2 fully saturated rings. The van der Waals surface area contributed by atoms with E-state index in [-0.39, 0.29) is 12.7 Å². The number of oxazole rings is 1. The van der Waals surface area contributed by atoms with Crippen LogP contribution in [0.25, 0.3) is 0 Å². The van der Waals surface area contributed by atoms with Crippen molar-refractivity contribution in [2.75, 3.05) is 72.5 Å². The predicted molar refractivity (Wildman–Crippen MR) is 117 cm³/mol. The van der Waals surface area contributed by atoms with Gasteiger partial charge in [0.25, 0.3) is 5.91 Å². The second-order valence-electron chi connectivity index (χ2n) is 8.38. The average molecular weight is 459 g/mol. The maximum Gasteiger partial charge on any atom is 0.275 e. The van der Waals surface area contributed by atoms with Crippen LogP contribution in [-0.4, -0.2) is 98.1 Å². The van der Waals surface area contributed by atoms with Gasteiger partial charge in [-0.05, 0) is 17.7 Å². The van der Waals surface area contributed by atoms with Crippen LogP contribution in [-0.2, 0) is 22.6 Å². The van der Waals surface area contributed by atoms with E-state index < -0.39 is 0 Å². The third kappa shape index (κ3) is 5.64. The molecular formula is C23H30N4O6. The third-order valence-corrected chi connectivity index (χ3v) is 6.11. The smallest absolute Gasteiger partial charge is 0.275 e. The van der Waals surface area contributed by atoms with Gasteiger partial charge in [-0.15, -0.1) is 0 Å². The summed E-state index contributed by atoms with van der Waals surface area (Å²) in [4.78, 5) is 23.7. The lowest BCUT2D eigenvalue weighted by Gasteiger charge is -2.29. The Kier molecular flexibility index (Phi) is 7.06. The Balaban J connectivity index is 1.25. The Hall–Kier alpha value is -2.66. The molecule has 0 spiro atoms. The summed E-state index contributed by atoms with van der Waals surface area (Å²) < 4.78 is 27.5. The van der Waals surface area contributed by atoms with Crippen LogP contribution in [0.4, 0.5) is 0 Å². The van der Waals surface area contributed by atoms with E-state index in [9.17, 15) is 4.79 Å². The Morgan fingerprint density at radius 3 is 2.55 bits per heavy atom. The molecule has 10 nitrogen and oxygen atoms in total. The summed E-state index contributed by atoms with van der Waals surface area (Å²) >= 11 is 0. The molecule has 1 aromatic carbocycles. The van der Waals surface area contributed by atoms with Gasteiger partial charge in [-0.25, -0.2) is 4.98 Å². The lowest BCUT2D eigenvalue weighted by molar-refractivity contribution is 0.0299. The molecule has 2 saturated heterocycles. The van der Waals surface area contributed by atoms with Crippen molar-refractivity contribution >= 4 is 5.91 Å². The highest BCUT2D eigenvalue weighted by atomic mass is 16.7. The average Bonchev–Trinajstić information content (AvgIpc) is 3.52. The van der Waals surface area contributed by atoms with Crippen LogP contribution in [0, 0.1) is 0 Å². The van der Waals surface area contributed by atoms with Crippen LogP contribution in [0.15, 0.2) is 28.9 Å². The molecule has 178 valence electrons. The van der Waals surface area contributed by atoms with Crippen LogP contribution in [0.1, 0.15) is 21.9 Å². The van der Waals surface area contributed by atoms with Gasteiger partial charge in [-0.2, -0.15) is 0 Å². The van der Waals surface area contributed by atoms with Gasteiger partial charge < -0.3 is 28.3 Å². The van der Waals surface area contributed by atoms with E-state index in [0.29, 0.717) is 51.0 Å². The number of rotatable bonds is 8. The van der Waals surface area contributed by atoms with E-state index in [4.69, 9.17) is 23.4 Å². The molecule has 0 aliphatic carbocycles. The first-order valence-corrected chi connectivity index (χ1v) is 11.5. The van der Waals surface area contributed by atoms with Crippen molar-refractivity contribution in [1.82, 2.24) is 19.7 Å². The monoisotopic (exact) mass is 458 g/mol. The Morgan fingerprint density at radius 1 is 0.970 bits per heavy atom. The number of hydrogen-bond acceptors (Lipinski definition) is 9. The van der Waals surface area contributed by atoms with Crippen molar-refractivity contribution < 1.29 is 28.2 Å². The molecule has 33 heavy (non-hydrogen) atoms. The van der Waals surface area contributed by atoms with E-state index in [0.717, 1.165) is 56.5 Å². The molecule has 0 radical (unpaired) electrons. The zero-order valence-corrected chi connectivity index (χ0v) is 18.7. The Morgan fingerprint density at radius 2 is 1.73 bits per heavy atom. The van der Waals surface area contributed by atoms with Crippen molar-refractivity contribution in [3.05, 3.63) is 41.6 Å². The maximum absolute atomic E-state index is 12.7. The van der Waals surface area contributed by atoms with Crippen molar-refractivity contribution in [2.24, 2.45) is 0 Å². The summed E-state index contributed by atoms with van der Waals surface area (Å²) in [5.74, 6) is 1.98. The first-order chi connectivity index (χ1) is 16.2. The molecular weight excluding hydrogens is 428 g/mol. The van der Waals surface area contributed by atoms with E-state index in [1.165, 1.54) is 6.26 Å². The van der Waals surface area contributed by atoms with E-state index in [2.05, 4.69) is 20.9 Å². The molecule has 2 aromatic rings. The van der Waals surface area contributed by atoms with Gasteiger partial charge in [0, 0.05) is 45.8 Å². The van der Waals surface area contributed by atoms with E-state index in [1.807, 2.05) is 12.1 Å². The highest BCUT2D eigenvalue weighted by Crippen LogP contribution is 2.33. The lowest BCUT2D eigenvalue weighted by atomic mass is 10.2. The number of aromatic nitrogens is 1. The SMILES string of the molecule is O=C(c1coc(CN(CCN2CCOCC2)Cc2ccc3c(c2)OCO3)n1)N1CCOCC1. The Labute approximate surface area is 192 Å². The molecule has 3 aliphatic rings. The second kappa shape index (κ2) is 10.5. The van der Waals surface area contributed by atoms with Crippen molar-refractivity contribution in [3.8, 4) is 11.5 Å². The van der Waals surface area contributed by atoms with Gasteiger partial charge in [0.05, 0.1) is 33.0 Å². The summed E-state index contributed by atoms with van der Waals surface area (Å²) in [7, 11) is 0. The molecule has 0 atom stereocenters. The minimum absolute atomic E-state index is 0.107. The minimum Gasteiger partial charge on any atom is -0.454 e. The number of carbonyl (C=O) groups excluding carboxylic acids is 1. The van der Waals surface area contributed by atoms with E-state index in [1.54, 1.807) is 4.90 Å². The maximum atomic E-state index is 12.7. The van der Waals surface area contributed by atoms with Crippen LogP contribution in [0.5, 0.6) is 11.5 Å². The first-order valence-electron chi connectivity index (χ1n) is 11.5. The predicted octanol–water partition coefficient (Wildman–Crippen LogP) is 1.21. The highest BCUT2D eigenvalue weighted by Gasteiger charge is 2.23. The fraction of sp³-hybridized carbons (Fsp3) is 0.565. The topological polar surface area (TPSA) is 89.7 Å². The van der Waals surface area contributed by atoms with Crippen molar-refractivity contribution in [3.63, 3.8) is 0 Å². The van der Waals surface area contributed by atoms with Crippen molar-refractivity contribution in [1.29, 1.82) is 0 Å². The van der Waals surface area contributed by atoms with Crippen LogP contribution < -0.4 is 9.47 Å². The number of benzene rings is 1. The largest absolute Gasteiger partial charge is 0.454 e. The van der Waals surface area contributed by atoms with Gasteiger partial charge in [0.1, 0.15) is 6.26 Å². The molecule has 10 heteroatoms. The Bertz CT molecular complexity index is 939. The number of ether oxygens (including phenoxy) is 4. The highest BCUT2D eigenvalue weighted by molar-refractivity contribution is 5.92. The quantitative estimate of drug-likeness (QED) is 0.579. The van der Waals surface area contributed by atoms with E-state index >= 15 is 0 Å². The van der Waals surface area contributed by atoms with Gasteiger partial charge in [-0.3, -0.25) is 14.6 Å². The molecule has 5 rings (SSSR count). The second-order valence-corrected chi connectivity index (χ2v) is 8.38. The summed E-state index contributed by atoms with van der Waals surface area (Å²) in [6.07, 6.45) is 1.47. The number of nitrogens with zero attached hydrogens (tertiary/aromatic N) is 4. The number of carbonyl (C=O) groups is 1. The third-order valence-electron chi connectivity index (χ3n) is 6.11. The number of morpholine rings is 2. The first kappa shape index (κ1) is 22.1. The van der Waals surface area contributed by atoms with Crippen LogP contribution in [0.2, 0.25) is 0 Å². The zero-order chi connectivity index (χ0) is 22.5.